The number of hydrogen-bond donors (Lipinski definition) is 1. The Kier molecular flexibility index (Phi) is 2.88. The average Bonchev–Trinajstić information content (AvgIpc) is 2.48. The van der Waals surface area contributed by atoms with E-state index in [-0.39, 0.29) is 0 Å². The van der Waals surface area contributed by atoms with E-state index in [9.17, 15) is 0 Å². The van der Waals surface area contributed by atoms with Crippen LogP contribution in [0.5, 0.6) is 0 Å². The number of fused-ring (bicyclic) bond motifs is 2. The van der Waals surface area contributed by atoms with Gasteiger partial charge in [-0.2, -0.15) is 0 Å². The van der Waals surface area contributed by atoms with Crippen LogP contribution in [0.25, 0.3) is 10.9 Å². The normalized spacial score (nSPS) is 16.3. The minimum Gasteiger partial charge on any atom is -0.384 e. The van der Waals surface area contributed by atoms with Crippen LogP contribution in [-0.4, -0.2) is 11.5 Å². The van der Waals surface area contributed by atoms with Gasteiger partial charge in [0.05, 0.1) is 5.52 Å². The number of para-hydroxylation sites is 1. The van der Waals surface area contributed by atoms with Gasteiger partial charge in [-0.25, -0.2) is 0 Å². The molecule has 2 nitrogen and oxygen atoms in total. The van der Waals surface area contributed by atoms with Gasteiger partial charge in [0.1, 0.15) is 0 Å². The highest BCUT2D eigenvalue weighted by Gasteiger charge is 2.24. The van der Waals surface area contributed by atoms with E-state index in [0.717, 1.165) is 17.8 Å². The average molecular weight is 274 g/mol. The van der Waals surface area contributed by atoms with Crippen molar-refractivity contribution in [1.29, 1.82) is 0 Å². The fourth-order valence-electron chi connectivity index (χ4n) is 3.23. The Morgan fingerprint density at radius 1 is 1.10 bits per heavy atom. The lowest BCUT2D eigenvalue weighted by Crippen LogP contribution is -2.24. The van der Waals surface area contributed by atoms with Crippen molar-refractivity contribution in [2.75, 3.05) is 11.9 Å². The van der Waals surface area contributed by atoms with Crippen molar-refractivity contribution in [3.05, 3.63) is 71.4 Å². The van der Waals surface area contributed by atoms with Crippen molar-refractivity contribution in [1.82, 2.24) is 4.98 Å². The van der Waals surface area contributed by atoms with Crippen molar-refractivity contribution in [2.45, 2.75) is 19.3 Å². The van der Waals surface area contributed by atoms with E-state index < -0.39 is 0 Å². The minimum atomic E-state index is 0.633. The summed E-state index contributed by atoms with van der Waals surface area (Å²) in [5.41, 5.74) is 6.32. The first-order valence-electron chi connectivity index (χ1n) is 7.49. The van der Waals surface area contributed by atoms with E-state index in [2.05, 4.69) is 65.8 Å². The third kappa shape index (κ3) is 2.17. The second-order valence-electron chi connectivity index (χ2n) is 5.81. The first-order chi connectivity index (χ1) is 10.3. The molecule has 104 valence electrons. The number of benzene rings is 2. The molecule has 0 radical (unpaired) electrons. The van der Waals surface area contributed by atoms with Crippen LogP contribution in [0, 0.1) is 6.92 Å². The van der Waals surface area contributed by atoms with Crippen molar-refractivity contribution >= 4 is 16.6 Å². The molecule has 0 saturated heterocycles. The number of hydrogen-bond acceptors (Lipinski definition) is 2. The Morgan fingerprint density at radius 2 is 1.90 bits per heavy atom. The van der Waals surface area contributed by atoms with E-state index in [0.29, 0.717) is 5.92 Å². The summed E-state index contributed by atoms with van der Waals surface area (Å²) >= 11 is 0. The maximum absolute atomic E-state index is 4.59. The molecule has 2 heteroatoms. The van der Waals surface area contributed by atoms with Gasteiger partial charge < -0.3 is 5.32 Å². The third-order valence-corrected chi connectivity index (χ3v) is 4.34. The lowest BCUT2D eigenvalue weighted by molar-refractivity contribution is 0.636. The predicted octanol–water partition coefficient (Wildman–Crippen LogP) is 4.30. The van der Waals surface area contributed by atoms with Crippen LogP contribution in [0.1, 0.15) is 22.7 Å². The van der Waals surface area contributed by atoms with Crippen LogP contribution >= 0.6 is 0 Å². The van der Waals surface area contributed by atoms with Crippen molar-refractivity contribution in [3.63, 3.8) is 0 Å². The van der Waals surface area contributed by atoms with Crippen LogP contribution in [0.2, 0.25) is 0 Å². The molecule has 21 heavy (non-hydrogen) atoms. The Labute approximate surface area is 124 Å². The van der Waals surface area contributed by atoms with E-state index >= 15 is 0 Å². The number of rotatable bonds is 3. The smallest absolute Gasteiger partial charge is 0.0725 e. The summed E-state index contributed by atoms with van der Waals surface area (Å²) in [7, 11) is 0. The number of anilines is 1. The largest absolute Gasteiger partial charge is 0.384 e. The summed E-state index contributed by atoms with van der Waals surface area (Å²) in [5, 5.41) is 4.84. The molecule has 0 fully saturated rings. The van der Waals surface area contributed by atoms with Crippen molar-refractivity contribution in [2.24, 2.45) is 0 Å². The molecule has 3 aromatic rings. The van der Waals surface area contributed by atoms with Gasteiger partial charge in [-0.3, -0.25) is 4.98 Å². The van der Waals surface area contributed by atoms with Crippen molar-refractivity contribution < 1.29 is 0 Å². The van der Waals surface area contributed by atoms with Crippen LogP contribution in [0.3, 0.4) is 0 Å². The number of nitrogens with one attached hydrogen (secondary N) is 1. The molecule has 1 aliphatic rings. The second kappa shape index (κ2) is 4.88. The Morgan fingerprint density at radius 3 is 2.81 bits per heavy atom. The maximum atomic E-state index is 4.59. The lowest BCUT2D eigenvalue weighted by atomic mass is 9.77. The van der Waals surface area contributed by atoms with Gasteiger partial charge in [0.2, 0.25) is 0 Å². The van der Waals surface area contributed by atoms with Gasteiger partial charge in [-0.05, 0) is 36.6 Å². The highest BCUT2D eigenvalue weighted by atomic mass is 14.9. The highest BCUT2D eigenvalue weighted by Crippen LogP contribution is 2.35. The van der Waals surface area contributed by atoms with E-state index in [1.54, 1.807) is 0 Å². The molecule has 4 rings (SSSR count). The number of aromatic nitrogens is 1. The van der Waals surface area contributed by atoms with Crippen LogP contribution in [0.4, 0.5) is 5.69 Å². The zero-order chi connectivity index (χ0) is 14.2. The molecule has 1 aliphatic carbocycles. The van der Waals surface area contributed by atoms with Crippen LogP contribution in [-0.2, 0) is 6.42 Å². The predicted molar refractivity (Wildman–Crippen MR) is 87.9 cm³/mol. The molecule has 1 unspecified atom stereocenters. The molecule has 2 aromatic carbocycles. The zero-order valence-corrected chi connectivity index (χ0v) is 12.1. The molecule has 1 N–H and O–H groups in total. The molecule has 1 aromatic heterocycles. The first kappa shape index (κ1) is 12.4. The SMILES string of the molecule is Cc1cc(NCC2Cc3ccccc32)c2ccccc2n1. The summed E-state index contributed by atoms with van der Waals surface area (Å²) in [6, 6.07) is 19.2. The van der Waals surface area contributed by atoms with Gasteiger partial charge in [0.15, 0.2) is 0 Å². The van der Waals surface area contributed by atoms with E-state index in [1.807, 2.05) is 6.07 Å². The molecule has 0 amide bonds. The summed E-state index contributed by atoms with van der Waals surface area (Å²) in [5.74, 6) is 0.633. The first-order valence-corrected chi connectivity index (χ1v) is 7.49. The monoisotopic (exact) mass is 274 g/mol. The van der Waals surface area contributed by atoms with Gasteiger partial charge in [0, 0.05) is 29.2 Å². The summed E-state index contributed by atoms with van der Waals surface area (Å²) in [4.78, 5) is 4.59. The fourth-order valence-corrected chi connectivity index (χ4v) is 3.23. The lowest BCUT2D eigenvalue weighted by Gasteiger charge is -2.30. The number of pyridine rings is 1. The zero-order valence-electron chi connectivity index (χ0n) is 12.1. The summed E-state index contributed by atoms with van der Waals surface area (Å²) in [6.07, 6.45) is 1.19. The quantitative estimate of drug-likeness (QED) is 0.770. The number of nitrogens with zero attached hydrogens (tertiary/aromatic N) is 1. The van der Waals surface area contributed by atoms with E-state index in [1.165, 1.54) is 28.6 Å². The second-order valence-corrected chi connectivity index (χ2v) is 5.81. The molecule has 1 atom stereocenters. The van der Waals surface area contributed by atoms with Gasteiger partial charge in [-0.15, -0.1) is 0 Å². The number of aryl methyl sites for hydroxylation is 1. The minimum absolute atomic E-state index is 0.633. The molecule has 1 heterocycles. The van der Waals surface area contributed by atoms with Gasteiger partial charge in [-0.1, -0.05) is 42.5 Å². The molecule has 0 saturated carbocycles. The summed E-state index contributed by atoms with van der Waals surface area (Å²) in [6.45, 7) is 3.04. The maximum Gasteiger partial charge on any atom is 0.0725 e. The molecule has 0 bridgehead atoms. The molecular formula is C19H18N2. The highest BCUT2D eigenvalue weighted by molar-refractivity contribution is 5.91. The van der Waals surface area contributed by atoms with Crippen LogP contribution in [0.15, 0.2) is 54.6 Å². The molecular weight excluding hydrogens is 256 g/mol. The van der Waals surface area contributed by atoms with Gasteiger partial charge in [0.25, 0.3) is 0 Å². The molecule has 0 spiro atoms. The third-order valence-electron chi connectivity index (χ3n) is 4.34. The van der Waals surface area contributed by atoms with Crippen molar-refractivity contribution in [3.8, 4) is 0 Å². The fraction of sp³-hybridized carbons (Fsp3) is 0.211. The standard InChI is InChI=1S/C19H18N2/c1-13-10-19(17-8-4-5-9-18(17)21-13)20-12-15-11-14-6-2-3-7-16(14)15/h2-10,15H,11-12H2,1H3,(H,20,21). The van der Waals surface area contributed by atoms with E-state index in [4.69, 9.17) is 0 Å². The Hall–Kier alpha value is -2.35. The molecule has 0 aliphatic heterocycles. The van der Waals surface area contributed by atoms with Crippen LogP contribution < -0.4 is 5.32 Å². The topological polar surface area (TPSA) is 24.9 Å². The summed E-state index contributed by atoms with van der Waals surface area (Å²) < 4.78 is 0. The van der Waals surface area contributed by atoms with Gasteiger partial charge >= 0.3 is 0 Å². The Bertz CT molecular complexity index is 808. The Balaban J connectivity index is 1.59.